The standard InChI is InChI=1S/C12H8ClFN2O.C2H6/c13-7-1-2-9(11(14)5-7)8-3-4-16-12(15)10(8)6-17;1-2/h1-6H,(H2,15,16);1-2H3. The number of aldehydes is 1. The molecule has 0 aliphatic heterocycles. The van der Waals surface area contributed by atoms with Crippen molar-refractivity contribution in [3.8, 4) is 11.1 Å². The predicted molar refractivity (Wildman–Crippen MR) is 75.8 cm³/mol. The third-order valence-corrected chi connectivity index (χ3v) is 2.60. The molecule has 100 valence electrons. The molecule has 1 aromatic carbocycles. The first-order valence-electron chi connectivity index (χ1n) is 5.78. The molecule has 19 heavy (non-hydrogen) atoms. The first-order chi connectivity index (χ1) is 9.13. The summed E-state index contributed by atoms with van der Waals surface area (Å²) in [5.41, 5.74) is 6.41. The van der Waals surface area contributed by atoms with Crippen LogP contribution in [0, 0.1) is 5.82 Å². The Labute approximate surface area is 116 Å². The van der Waals surface area contributed by atoms with Crippen LogP contribution in [0.15, 0.2) is 30.5 Å². The lowest BCUT2D eigenvalue weighted by molar-refractivity contribution is 0.112. The number of hydrogen-bond acceptors (Lipinski definition) is 3. The van der Waals surface area contributed by atoms with Crippen molar-refractivity contribution in [2.24, 2.45) is 0 Å². The van der Waals surface area contributed by atoms with E-state index in [1.807, 2.05) is 13.8 Å². The molecule has 0 saturated carbocycles. The van der Waals surface area contributed by atoms with E-state index in [4.69, 9.17) is 17.3 Å². The van der Waals surface area contributed by atoms with Gasteiger partial charge in [-0.3, -0.25) is 4.79 Å². The molecule has 1 heterocycles. The van der Waals surface area contributed by atoms with Crippen LogP contribution in [-0.4, -0.2) is 11.3 Å². The third kappa shape index (κ3) is 3.29. The molecule has 5 heteroatoms. The number of aromatic nitrogens is 1. The van der Waals surface area contributed by atoms with Crippen molar-refractivity contribution in [1.29, 1.82) is 0 Å². The van der Waals surface area contributed by atoms with Crippen molar-refractivity contribution >= 4 is 23.7 Å². The molecular formula is C14H14ClFN2O. The van der Waals surface area contributed by atoms with Crippen molar-refractivity contribution in [3.05, 3.63) is 46.9 Å². The van der Waals surface area contributed by atoms with Gasteiger partial charge >= 0.3 is 0 Å². The Hall–Kier alpha value is -1.94. The highest BCUT2D eigenvalue weighted by molar-refractivity contribution is 6.30. The van der Waals surface area contributed by atoms with Crippen molar-refractivity contribution in [1.82, 2.24) is 4.98 Å². The van der Waals surface area contributed by atoms with Gasteiger partial charge in [-0.2, -0.15) is 0 Å². The maximum absolute atomic E-state index is 13.7. The van der Waals surface area contributed by atoms with Gasteiger partial charge in [-0.25, -0.2) is 9.37 Å². The number of nitrogen functional groups attached to an aromatic ring is 1. The minimum Gasteiger partial charge on any atom is -0.383 e. The van der Waals surface area contributed by atoms with Gasteiger partial charge in [0.15, 0.2) is 6.29 Å². The second kappa shape index (κ2) is 6.85. The Morgan fingerprint density at radius 2 is 1.95 bits per heavy atom. The minimum absolute atomic E-state index is 0.0758. The normalized spacial score (nSPS) is 9.47. The van der Waals surface area contributed by atoms with Crippen LogP contribution in [0.2, 0.25) is 5.02 Å². The van der Waals surface area contributed by atoms with Crippen LogP contribution in [0.1, 0.15) is 24.2 Å². The van der Waals surface area contributed by atoms with E-state index in [9.17, 15) is 9.18 Å². The van der Waals surface area contributed by atoms with Crippen LogP contribution in [-0.2, 0) is 0 Å². The smallest absolute Gasteiger partial charge is 0.154 e. The second-order valence-corrected chi connectivity index (χ2v) is 3.84. The lowest BCUT2D eigenvalue weighted by Crippen LogP contribution is -1.99. The van der Waals surface area contributed by atoms with Gasteiger partial charge in [0.1, 0.15) is 11.6 Å². The largest absolute Gasteiger partial charge is 0.383 e. The van der Waals surface area contributed by atoms with E-state index in [1.165, 1.54) is 24.4 Å². The zero-order valence-electron chi connectivity index (χ0n) is 10.7. The summed E-state index contributed by atoms with van der Waals surface area (Å²) in [6.07, 6.45) is 1.98. The van der Waals surface area contributed by atoms with E-state index in [0.29, 0.717) is 16.9 Å². The number of rotatable bonds is 2. The highest BCUT2D eigenvalue weighted by Crippen LogP contribution is 2.29. The van der Waals surface area contributed by atoms with Gasteiger partial charge in [0, 0.05) is 22.3 Å². The molecule has 0 amide bonds. The van der Waals surface area contributed by atoms with E-state index in [2.05, 4.69) is 4.98 Å². The number of anilines is 1. The topological polar surface area (TPSA) is 56.0 Å². The summed E-state index contributed by atoms with van der Waals surface area (Å²) in [5, 5.41) is 0.293. The van der Waals surface area contributed by atoms with Gasteiger partial charge in [0.25, 0.3) is 0 Å². The average molecular weight is 281 g/mol. The lowest BCUT2D eigenvalue weighted by Gasteiger charge is -2.08. The van der Waals surface area contributed by atoms with Gasteiger partial charge < -0.3 is 5.73 Å². The molecule has 0 atom stereocenters. The van der Waals surface area contributed by atoms with E-state index < -0.39 is 5.82 Å². The fourth-order valence-corrected chi connectivity index (χ4v) is 1.71. The molecule has 3 nitrogen and oxygen atoms in total. The molecule has 1 aromatic heterocycles. The molecule has 0 aliphatic rings. The van der Waals surface area contributed by atoms with Crippen LogP contribution in [0.25, 0.3) is 11.1 Å². The maximum atomic E-state index is 13.7. The van der Waals surface area contributed by atoms with E-state index in [1.54, 1.807) is 6.07 Å². The molecular weight excluding hydrogens is 267 g/mol. The van der Waals surface area contributed by atoms with Gasteiger partial charge in [-0.05, 0) is 24.3 Å². The number of benzene rings is 1. The number of carbonyl (C=O) groups is 1. The van der Waals surface area contributed by atoms with Crippen LogP contribution in [0.5, 0.6) is 0 Å². The zero-order chi connectivity index (χ0) is 14.4. The molecule has 2 N–H and O–H groups in total. The summed E-state index contributed by atoms with van der Waals surface area (Å²) >= 11 is 5.66. The number of halogens is 2. The number of nitrogens with zero attached hydrogens (tertiary/aromatic N) is 1. The van der Waals surface area contributed by atoms with Gasteiger partial charge in [-0.15, -0.1) is 0 Å². The number of hydrogen-bond donors (Lipinski definition) is 1. The van der Waals surface area contributed by atoms with Crippen LogP contribution in [0.3, 0.4) is 0 Å². The van der Waals surface area contributed by atoms with Crippen molar-refractivity contribution < 1.29 is 9.18 Å². The summed E-state index contributed by atoms with van der Waals surface area (Å²) in [4.78, 5) is 14.7. The fourth-order valence-electron chi connectivity index (χ4n) is 1.56. The third-order valence-electron chi connectivity index (χ3n) is 2.36. The molecule has 0 spiro atoms. The summed E-state index contributed by atoms with van der Waals surface area (Å²) in [7, 11) is 0. The molecule has 0 aliphatic carbocycles. The van der Waals surface area contributed by atoms with Gasteiger partial charge in [-0.1, -0.05) is 25.4 Å². The Bertz CT molecular complexity index is 588. The maximum Gasteiger partial charge on any atom is 0.154 e. The number of pyridine rings is 1. The van der Waals surface area contributed by atoms with Gasteiger partial charge in [0.2, 0.25) is 0 Å². The molecule has 0 bridgehead atoms. The summed E-state index contributed by atoms with van der Waals surface area (Å²) in [6, 6.07) is 5.76. The zero-order valence-corrected chi connectivity index (χ0v) is 11.4. The van der Waals surface area contributed by atoms with Crippen LogP contribution < -0.4 is 5.73 Å². The summed E-state index contributed by atoms with van der Waals surface area (Å²) in [5.74, 6) is -0.432. The highest BCUT2D eigenvalue weighted by Gasteiger charge is 2.12. The van der Waals surface area contributed by atoms with Crippen LogP contribution in [0.4, 0.5) is 10.2 Å². The Morgan fingerprint density at radius 3 is 2.53 bits per heavy atom. The molecule has 0 saturated heterocycles. The fraction of sp³-hybridized carbons (Fsp3) is 0.143. The van der Waals surface area contributed by atoms with E-state index >= 15 is 0 Å². The SMILES string of the molecule is CC.Nc1nccc(-c2ccc(Cl)cc2F)c1C=O. The molecule has 0 radical (unpaired) electrons. The molecule has 2 aromatic rings. The molecule has 2 rings (SSSR count). The predicted octanol–water partition coefficient (Wildman–Crippen LogP) is 3.96. The average Bonchev–Trinajstić information content (AvgIpc) is 2.41. The summed E-state index contributed by atoms with van der Waals surface area (Å²) in [6.45, 7) is 4.00. The van der Waals surface area contributed by atoms with Crippen molar-refractivity contribution in [2.75, 3.05) is 5.73 Å². The summed E-state index contributed by atoms with van der Waals surface area (Å²) < 4.78 is 13.7. The van der Waals surface area contributed by atoms with Crippen LogP contribution >= 0.6 is 11.6 Å². The van der Waals surface area contributed by atoms with E-state index in [0.717, 1.165) is 0 Å². The van der Waals surface area contributed by atoms with E-state index in [-0.39, 0.29) is 16.9 Å². The lowest BCUT2D eigenvalue weighted by atomic mass is 10.0. The Balaban J connectivity index is 0.000000861. The highest BCUT2D eigenvalue weighted by atomic mass is 35.5. The van der Waals surface area contributed by atoms with Gasteiger partial charge in [0.05, 0.1) is 5.56 Å². The Kier molecular flexibility index (Phi) is 5.45. The second-order valence-electron chi connectivity index (χ2n) is 3.40. The minimum atomic E-state index is -0.508. The molecule has 0 fully saturated rings. The Morgan fingerprint density at radius 1 is 1.26 bits per heavy atom. The first kappa shape index (κ1) is 15.1. The first-order valence-corrected chi connectivity index (χ1v) is 6.16. The molecule has 0 unspecified atom stereocenters. The van der Waals surface area contributed by atoms with Crippen molar-refractivity contribution in [3.63, 3.8) is 0 Å². The monoisotopic (exact) mass is 280 g/mol. The quantitative estimate of drug-likeness (QED) is 0.847. The number of nitrogens with two attached hydrogens (primary N) is 1. The number of carbonyl (C=O) groups excluding carboxylic acids is 1. The van der Waals surface area contributed by atoms with Crippen molar-refractivity contribution in [2.45, 2.75) is 13.8 Å².